The van der Waals surface area contributed by atoms with E-state index in [0.29, 0.717) is 11.4 Å². The lowest BCUT2D eigenvalue weighted by Crippen LogP contribution is -2.19. The quantitative estimate of drug-likeness (QED) is 0.770. The van der Waals surface area contributed by atoms with Gasteiger partial charge in [0.2, 0.25) is 0 Å². The van der Waals surface area contributed by atoms with Gasteiger partial charge in [-0.3, -0.25) is 4.98 Å². The maximum Gasteiger partial charge on any atom is 0.323 e. The third-order valence-corrected chi connectivity index (χ3v) is 3.20. The fourth-order valence-electron chi connectivity index (χ4n) is 2.11. The number of rotatable bonds is 3. The standard InChI is InChI=1S/C17H15N3O2/c1-22-15-8-6-13(7-9-15)19-17(21)20-14-10-12-4-2-3-5-16(12)18-11-14/h2-11H,1H3,(H2,19,20,21). The number of aromatic nitrogens is 1. The van der Waals surface area contributed by atoms with Crippen LogP contribution >= 0.6 is 0 Å². The number of hydrogen-bond acceptors (Lipinski definition) is 3. The minimum Gasteiger partial charge on any atom is -0.497 e. The highest BCUT2D eigenvalue weighted by molar-refractivity contribution is 6.00. The minimum absolute atomic E-state index is 0.317. The smallest absolute Gasteiger partial charge is 0.323 e. The van der Waals surface area contributed by atoms with E-state index >= 15 is 0 Å². The normalized spacial score (nSPS) is 10.2. The van der Waals surface area contributed by atoms with Crippen molar-refractivity contribution in [2.24, 2.45) is 0 Å². The van der Waals surface area contributed by atoms with Gasteiger partial charge in [0.05, 0.1) is 24.5 Å². The Morgan fingerprint density at radius 3 is 2.50 bits per heavy atom. The van der Waals surface area contributed by atoms with Gasteiger partial charge in [0.15, 0.2) is 0 Å². The molecule has 2 N–H and O–H groups in total. The number of anilines is 2. The number of ether oxygens (including phenoxy) is 1. The molecule has 1 heterocycles. The summed E-state index contributed by atoms with van der Waals surface area (Å²) in [6.07, 6.45) is 1.63. The van der Waals surface area contributed by atoms with Gasteiger partial charge in [0, 0.05) is 11.1 Å². The molecular formula is C17H15N3O2. The van der Waals surface area contributed by atoms with Gasteiger partial charge in [0.1, 0.15) is 5.75 Å². The molecule has 0 saturated heterocycles. The fraction of sp³-hybridized carbons (Fsp3) is 0.0588. The Balaban J connectivity index is 1.69. The first-order valence-electron chi connectivity index (χ1n) is 6.81. The van der Waals surface area contributed by atoms with Crippen LogP contribution in [0.25, 0.3) is 10.9 Å². The molecule has 0 aliphatic carbocycles. The van der Waals surface area contributed by atoms with Crippen LogP contribution in [0.3, 0.4) is 0 Å². The van der Waals surface area contributed by atoms with Gasteiger partial charge in [-0.2, -0.15) is 0 Å². The average molecular weight is 293 g/mol. The van der Waals surface area contributed by atoms with Crippen molar-refractivity contribution in [2.75, 3.05) is 17.7 Å². The lowest BCUT2D eigenvalue weighted by atomic mass is 10.2. The van der Waals surface area contributed by atoms with Crippen LogP contribution in [0.5, 0.6) is 5.75 Å². The van der Waals surface area contributed by atoms with Gasteiger partial charge in [-0.25, -0.2) is 4.79 Å². The topological polar surface area (TPSA) is 63.2 Å². The number of para-hydroxylation sites is 1. The van der Waals surface area contributed by atoms with Crippen molar-refractivity contribution in [1.29, 1.82) is 0 Å². The summed E-state index contributed by atoms with van der Waals surface area (Å²) >= 11 is 0. The van der Waals surface area contributed by atoms with Crippen molar-refractivity contribution >= 4 is 28.3 Å². The lowest BCUT2D eigenvalue weighted by molar-refractivity contribution is 0.262. The maximum absolute atomic E-state index is 12.0. The zero-order valence-electron chi connectivity index (χ0n) is 12.0. The highest BCUT2D eigenvalue weighted by Crippen LogP contribution is 2.17. The van der Waals surface area contributed by atoms with Gasteiger partial charge >= 0.3 is 6.03 Å². The van der Waals surface area contributed by atoms with E-state index in [-0.39, 0.29) is 6.03 Å². The Kier molecular flexibility index (Phi) is 3.87. The number of hydrogen-bond donors (Lipinski definition) is 2. The van der Waals surface area contributed by atoms with Gasteiger partial charge in [-0.15, -0.1) is 0 Å². The van der Waals surface area contributed by atoms with Crippen molar-refractivity contribution in [3.05, 3.63) is 60.8 Å². The van der Waals surface area contributed by atoms with Crippen LogP contribution in [0.15, 0.2) is 60.8 Å². The first kappa shape index (κ1) is 13.9. The summed E-state index contributed by atoms with van der Waals surface area (Å²) in [5.74, 6) is 0.740. The van der Waals surface area contributed by atoms with Crippen molar-refractivity contribution < 1.29 is 9.53 Å². The van der Waals surface area contributed by atoms with Crippen molar-refractivity contribution in [2.45, 2.75) is 0 Å². The van der Waals surface area contributed by atoms with Crippen LogP contribution in [0.1, 0.15) is 0 Å². The van der Waals surface area contributed by atoms with E-state index in [1.807, 2.05) is 30.3 Å². The number of urea groups is 1. The monoisotopic (exact) mass is 293 g/mol. The second-order valence-electron chi connectivity index (χ2n) is 4.72. The van der Waals surface area contributed by atoms with E-state index in [9.17, 15) is 4.79 Å². The summed E-state index contributed by atoms with van der Waals surface area (Å²) in [4.78, 5) is 16.3. The molecule has 0 aliphatic heterocycles. The van der Waals surface area contributed by atoms with E-state index < -0.39 is 0 Å². The maximum atomic E-state index is 12.0. The van der Waals surface area contributed by atoms with Crippen LogP contribution < -0.4 is 15.4 Å². The van der Waals surface area contributed by atoms with E-state index in [4.69, 9.17) is 4.74 Å². The Bertz CT molecular complexity index is 800. The number of fused-ring (bicyclic) bond motifs is 1. The Morgan fingerprint density at radius 1 is 1.00 bits per heavy atom. The Morgan fingerprint density at radius 2 is 1.73 bits per heavy atom. The van der Waals surface area contributed by atoms with E-state index in [2.05, 4.69) is 15.6 Å². The van der Waals surface area contributed by atoms with Gasteiger partial charge in [-0.05, 0) is 36.4 Å². The molecule has 0 saturated carbocycles. The number of pyridine rings is 1. The average Bonchev–Trinajstić information content (AvgIpc) is 2.55. The predicted molar refractivity (Wildman–Crippen MR) is 87.4 cm³/mol. The summed E-state index contributed by atoms with van der Waals surface area (Å²) in [6, 6.07) is 16.4. The first-order chi connectivity index (χ1) is 10.7. The molecule has 0 radical (unpaired) electrons. The number of methoxy groups -OCH3 is 1. The van der Waals surface area contributed by atoms with Crippen LogP contribution in [-0.4, -0.2) is 18.1 Å². The van der Waals surface area contributed by atoms with Crippen molar-refractivity contribution in [1.82, 2.24) is 4.98 Å². The lowest BCUT2D eigenvalue weighted by Gasteiger charge is -2.08. The Hall–Kier alpha value is -3.08. The largest absolute Gasteiger partial charge is 0.497 e. The SMILES string of the molecule is COc1ccc(NC(=O)Nc2cnc3ccccc3c2)cc1. The molecule has 2 amide bonds. The zero-order valence-corrected chi connectivity index (χ0v) is 12.0. The molecule has 110 valence electrons. The molecule has 5 nitrogen and oxygen atoms in total. The first-order valence-corrected chi connectivity index (χ1v) is 6.81. The third-order valence-electron chi connectivity index (χ3n) is 3.20. The van der Waals surface area contributed by atoms with Crippen molar-refractivity contribution in [3.8, 4) is 5.75 Å². The number of carbonyl (C=O) groups excluding carboxylic acids is 1. The number of nitrogens with one attached hydrogen (secondary N) is 2. The number of carbonyl (C=O) groups is 1. The molecule has 0 fully saturated rings. The molecule has 0 bridgehead atoms. The second-order valence-corrected chi connectivity index (χ2v) is 4.72. The molecule has 22 heavy (non-hydrogen) atoms. The van der Waals surface area contributed by atoms with E-state index in [1.54, 1.807) is 37.6 Å². The molecule has 0 atom stereocenters. The molecule has 0 spiro atoms. The summed E-state index contributed by atoms with van der Waals surface area (Å²) < 4.78 is 5.07. The van der Waals surface area contributed by atoms with Crippen LogP contribution in [0, 0.1) is 0 Å². The van der Waals surface area contributed by atoms with Crippen LogP contribution in [0.2, 0.25) is 0 Å². The van der Waals surface area contributed by atoms with Gasteiger partial charge in [-0.1, -0.05) is 18.2 Å². The molecule has 5 heteroatoms. The molecular weight excluding hydrogens is 278 g/mol. The molecule has 3 aromatic rings. The molecule has 1 aromatic heterocycles. The molecule has 2 aromatic carbocycles. The summed E-state index contributed by atoms with van der Waals surface area (Å²) in [6.45, 7) is 0. The van der Waals surface area contributed by atoms with Gasteiger partial charge in [0.25, 0.3) is 0 Å². The Labute approximate surface area is 127 Å². The molecule has 3 rings (SSSR count). The van der Waals surface area contributed by atoms with E-state index in [1.165, 1.54) is 0 Å². The minimum atomic E-state index is -0.317. The predicted octanol–water partition coefficient (Wildman–Crippen LogP) is 3.89. The summed E-state index contributed by atoms with van der Waals surface area (Å²) in [5, 5.41) is 6.50. The second kappa shape index (κ2) is 6.13. The molecule has 0 unspecified atom stereocenters. The van der Waals surface area contributed by atoms with Crippen molar-refractivity contribution in [3.63, 3.8) is 0 Å². The fourth-order valence-corrected chi connectivity index (χ4v) is 2.11. The number of benzene rings is 2. The summed E-state index contributed by atoms with van der Waals surface area (Å²) in [5.41, 5.74) is 2.22. The summed E-state index contributed by atoms with van der Waals surface area (Å²) in [7, 11) is 1.60. The van der Waals surface area contributed by atoms with Gasteiger partial charge < -0.3 is 15.4 Å². The highest BCUT2D eigenvalue weighted by Gasteiger charge is 2.04. The van der Waals surface area contributed by atoms with Crippen LogP contribution in [0.4, 0.5) is 16.2 Å². The highest BCUT2D eigenvalue weighted by atomic mass is 16.5. The van der Waals surface area contributed by atoms with E-state index in [0.717, 1.165) is 16.7 Å². The molecule has 0 aliphatic rings. The zero-order chi connectivity index (χ0) is 15.4. The number of nitrogens with zero attached hydrogens (tertiary/aromatic N) is 1. The third kappa shape index (κ3) is 3.15. The van der Waals surface area contributed by atoms with Crippen LogP contribution in [-0.2, 0) is 0 Å². The number of amides is 2.